The Morgan fingerprint density at radius 1 is 1.19 bits per heavy atom. The molecule has 2 heterocycles. The number of fused-ring (bicyclic) bond motifs is 1. The van der Waals surface area contributed by atoms with Crippen LogP contribution < -0.4 is 0 Å². The fourth-order valence-corrected chi connectivity index (χ4v) is 2.50. The molecule has 1 aromatic carbocycles. The lowest BCUT2D eigenvalue weighted by Crippen LogP contribution is -2.43. The Hall–Kier alpha value is -1.51. The standard InChI is InChI=1S/C13H16N2O/c1-2-6-11(7-3-1)12-10-16-14-13-8-4-5-9-15(12)13/h1-3,6-7,12H,4-5,8-10H2/t12-/m1/s1. The van der Waals surface area contributed by atoms with Crippen LogP contribution in [0.3, 0.4) is 0 Å². The molecule has 2 aliphatic heterocycles. The van der Waals surface area contributed by atoms with Crippen LogP contribution in [0.25, 0.3) is 0 Å². The van der Waals surface area contributed by atoms with Crippen LogP contribution in [0.5, 0.6) is 0 Å². The molecule has 0 amide bonds. The second kappa shape index (κ2) is 4.16. The maximum atomic E-state index is 5.35. The number of hydrogen-bond donors (Lipinski definition) is 0. The molecule has 3 nitrogen and oxygen atoms in total. The van der Waals surface area contributed by atoms with Crippen molar-refractivity contribution in [1.82, 2.24) is 4.90 Å². The molecular weight excluding hydrogens is 200 g/mol. The van der Waals surface area contributed by atoms with Crippen LogP contribution in [0.15, 0.2) is 35.5 Å². The summed E-state index contributed by atoms with van der Waals surface area (Å²) in [6.45, 7) is 1.79. The zero-order valence-electron chi connectivity index (χ0n) is 9.30. The van der Waals surface area contributed by atoms with Gasteiger partial charge < -0.3 is 9.74 Å². The van der Waals surface area contributed by atoms with Crippen LogP contribution in [-0.4, -0.2) is 23.9 Å². The maximum absolute atomic E-state index is 5.35. The first-order valence-corrected chi connectivity index (χ1v) is 5.95. The molecule has 16 heavy (non-hydrogen) atoms. The third-order valence-corrected chi connectivity index (χ3v) is 3.34. The van der Waals surface area contributed by atoms with Crippen molar-refractivity contribution in [2.45, 2.75) is 25.3 Å². The van der Waals surface area contributed by atoms with Gasteiger partial charge >= 0.3 is 0 Å². The van der Waals surface area contributed by atoms with Gasteiger partial charge in [-0.25, -0.2) is 0 Å². The van der Waals surface area contributed by atoms with Crippen molar-refractivity contribution in [2.24, 2.45) is 5.16 Å². The predicted octanol–water partition coefficient (Wildman–Crippen LogP) is 2.56. The molecule has 0 aliphatic carbocycles. The molecule has 1 atom stereocenters. The van der Waals surface area contributed by atoms with Gasteiger partial charge in [-0.1, -0.05) is 35.5 Å². The second-order valence-corrected chi connectivity index (χ2v) is 4.38. The van der Waals surface area contributed by atoms with Gasteiger partial charge in [0.2, 0.25) is 0 Å². The molecule has 0 saturated carbocycles. The molecule has 0 unspecified atom stereocenters. The van der Waals surface area contributed by atoms with E-state index in [-0.39, 0.29) is 0 Å². The highest BCUT2D eigenvalue weighted by atomic mass is 16.6. The lowest BCUT2D eigenvalue weighted by atomic mass is 10.0. The number of rotatable bonds is 1. The highest BCUT2D eigenvalue weighted by Gasteiger charge is 2.29. The molecule has 3 heteroatoms. The van der Waals surface area contributed by atoms with Gasteiger partial charge in [0.1, 0.15) is 12.4 Å². The number of hydrogen-bond acceptors (Lipinski definition) is 3. The minimum Gasteiger partial charge on any atom is -0.392 e. The van der Waals surface area contributed by atoms with E-state index < -0.39 is 0 Å². The van der Waals surface area contributed by atoms with Gasteiger partial charge in [0.05, 0.1) is 6.04 Å². The molecule has 3 rings (SSSR count). The Morgan fingerprint density at radius 2 is 2.06 bits per heavy atom. The summed E-state index contributed by atoms with van der Waals surface area (Å²) in [5.41, 5.74) is 1.33. The Labute approximate surface area is 95.7 Å². The van der Waals surface area contributed by atoms with Crippen molar-refractivity contribution in [2.75, 3.05) is 13.2 Å². The van der Waals surface area contributed by atoms with Gasteiger partial charge in [0.15, 0.2) is 0 Å². The van der Waals surface area contributed by atoms with E-state index >= 15 is 0 Å². The summed E-state index contributed by atoms with van der Waals surface area (Å²) in [6, 6.07) is 10.9. The van der Waals surface area contributed by atoms with E-state index in [1.165, 1.54) is 18.4 Å². The quantitative estimate of drug-likeness (QED) is 0.720. The molecule has 2 aliphatic rings. The van der Waals surface area contributed by atoms with Gasteiger partial charge in [-0.05, 0) is 18.4 Å². The van der Waals surface area contributed by atoms with Gasteiger partial charge in [-0.3, -0.25) is 0 Å². The van der Waals surface area contributed by atoms with Crippen LogP contribution in [0, 0.1) is 0 Å². The molecule has 1 aromatic rings. The van der Waals surface area contributed by atoms with Crippen molar-refractivity contribution < 1.29 is 4.84 Å². The minimum atomic E-state index is 0.356. The fourth-order valence-electron chi connectivity index (χ4n) is 2.50. The van der Waals surface area contributed by atoms with Crippen LogP contribution in [-0.2, 0) is 4.84 Å². The normalized spacial score (nSPS) is 24.4. The third-order valence-electron chi connectivity index (χ3n) is 3.34. The largest absolute Gasteiger partial charge is 0.392 e. The molecule has 0 bridgehead atoms. The summed E-state index contributed by atoms with van der Waals surface area (Å²) in [5, 5.41) is 4.17. The molecule has 0 radical (unpaired) electrons. The lowest BCUT2D eigenvalue weighted by molar-refractivity contribution is 0.0532. The Bertz CT molecular complexity index is 388. The van der Waals surface area contributed by atoms with E-state index in [0.717, 1.165) is 18.8 Å². The third kappa shape index (κ3) is 1.66. The topological polar surface area (TPSA) is 24.8 Å². The molecule has 84 valence electrons. The summed E-state index contributed by atoms with van der Waals surface area (Å²) in [6.07, 6.45) is 3.56. The van der Waals surface area contributed by atoms with E-state index in [9.17, 15) is 0 Å². The second-order valence-electron chi connectivity index (χ2n) is 4.38. The lowest BCUT2D eigenvalue weighted by Gasteiger charge is -2.39. The fraction of sp³-hybridized carbons (Fsp3) is 0.462. The predicted molar refractivity (Wildman–Crippen MR) is 63.1 cm³/mol. The Balaban J connectivity index is 1.88. The van der Waals surface area contributed by atoms with E-state index in [0.29, 0.717) is 12.6 Å². The van der Waals surface area contributed by atoms with Crippen LogP contribution >= 0.6 is 0 Å². The number of benzene rings is 1. The minimum absolute atomic E-state index is 0.356. The summed E-state index contributed by atoms with van der Waals surface area (Å²) >= 11 is 0. The highest BCUT2D eigenvalue weighted by molar-refractivity contribution is 5.83. The first kappa shape index (κ1) is 9.70. The monoisotopic (exact) mass is 216 g/mol. The van der Waals surface area contributed by atoms with Gasteiger partial charge in [-0.2, -0.15) is 0 Å². The zero-order chi connectivity index (χ0) is 10.8. The van der Waals surface area contributed by atoms with Crippen LogP contribution in [0.4, 0.5) is 0 Å². The smallest absolute Gasteiger partial charge is 0.145 e. The van der Waals surface area contributed by atoms with Crippen molar-refractivity contribution in [1.29, 1.82) is 0 Å². The van der Waals surface area contributed by atoms with Gasteiger partial charge in [0.25, 0.3) is 0 Å². The first-order chi connectivity index (χ1) is 7.95. The Morgan fingerprint density at radius 3 is 2.94 bits per heavy atom. The summed E-state index contributed by atoms with van der Waals surface area (Å²) in [5.74, 6) is 1.13. The average molecular weight is 216 g/mol. The average Bonchev–Trinajstić information content (AvgIpc) is 2.39. The van der Waals surface area contributed by atoms with E-state index in [1.54, 1.807) is 0 Å². The molecular formula is C13H16N2O. The van der Waals surface area contributed by atoms with Crippen molar-refractivity contribution >= 4 is 5.84 Å². The summed E-state index contributed by atoms with van der Waals surface area (Å²) in [7, 11) is 0. The molecule has 1 fully saturated rings. The summed E-state index contributed by atoms with van der Waals surface area (Å²) < 4.78 is 0. The van der Waals surface area contributed by atoms with Gasteiger partial charge in [0, 0.05) is 13.0 Å². The van der Waals surface area contributed by atoms with Crippen molar-refractivity contribution in [3.05, 3.63) is 35.9 Å². The highest BCUT2D eigenvalue weighted by Crippen LogP contribution is 2.29. The zero-order valence-corrected chi connectivity index (χ0v) is 9.30. The Kier molecular flexibility index (Phi) is 2.52. The SMILES string of the molecule is c1ccc([C@H]2CON=C3CCCCN32)cc1. The first-order valence-electron chi connectivity index (χ1n) is 5.95. The number of amidine groups is 1. The number of piperidine rings is 1. The summed E-state index contributed by atoms with van der Waals surface area (Å²) in [4.78, 5) is 7.76. The van der Waals surface area contributed by atoms with Crippen molar-refractivity contribution in [3.63, 3.8) is 0 Å². The molecule has 0 spiro atoms. The van der Waals surface area contributed by atoms with E-state index in [1.807, 2.05) is 0 Å². The van der Waals surface area contributed by atoms with Crippen LogP contribution in [0.1, 0.15) is 30.9 Å². The molecule has 1 saturated heterocycles. The number of nitrogens with zero attached hydrogens (tertiary/aromatic N) is 2. The molecule has 0 N–H and O–H groups in total. The number of oxime groups is 1. The van der Waals surface area contributed by atoms with E-state index in [4.69, 9.17) is 4.84 Å². The van der Waals surface area contributed by atoms with Crippen molar-refractivity contribution in [3.8, 4) is 0 Å². The van der Waals surface area contributed by atoms with Gasteiger partial charge in [-0.15, -0.1) is 0 Å². The maximum Gasteiger partial charge on any atom is 0.145 e. The van der Waals surface area contributed by atoms with Crippen LogP contribution in [0.2, 0.25) is 0 Å². The van der Waals surface area contributed by atoms with E-state index in [2.05, 4.69) is 40.4 Å². The molecule has 0 aromatic heterocycles.